The average Bonchev–Trinajstić information content (AvgIpc) is 3.03. The van der Waals surface area contributed by atoms with Gasteiger partial charge in [0.05, 0.1) is 26.2 Å². The Morgan fingerprint density at radius 1 is 1.14 bits per heavy atom. The maximum atomic E-state index is 13.5. The van der Waals surface area contributed by atoms with Gasteiger partial charge >= 0.3 is 0 Å². The summed E-state index contributed by atoms with van der Waals surface area (Å²) in [6.45, 7) is 7.66. The molecule has 1 fully saturated rings. The first-order valence-corrected chi connectivity index (χ1v) is 11.2. The Bertz CT molecular complexity index is 865. The summed E-state index contributed by atoms with van der Waals surface area (Å²) >= 11 is 2.35. The molecule has 0 saturated carbocycles. The molecule has 2 aliphatic heterocycles. The minimum absolute atomic E-state index is 0.124. The van der Waals surface area contributed by atoms with Crippen LogP contribution in [0.15, 0.2) is 42.5 Å². The molecule has 0 radical (unpaired) electrons. The lowest BCUT2D eigenvalue weighted by Crippen LogP contribution is -2.43. The monoisotopic (exact) mass is 506 g/mol. The zero-order chi connectivity index (χ0) is 20.4. The highest BCUT2D eigenvalue weighted by Crippen LogP contribution is 2.43. The van der Waals surface area contributed by atoms with Gasteiger partial charge in [-0.25, -0.2) is 0 Å². The van der Waals surface area contributed by atoms with Crippen molar-refractivity contribution in [2.45, 2.75) is 18.9 Å². The molecule has 1 saturated heterocycles. The van der Waals surface area contributed by atoms with E-state index in [1.807, 2.05) is 24.3 Å². The van der Waals surface area contributed by atoms with Gasteiger partial charge < -0.3 is 14.4 Å². The third-order valence-corrected chi connectivity index (χ3v) is 6.70. The van der Waals surface area contributed by atoms with E-state index in [9.17, 15) is 4.79 Å². The average molecular weight is 506 g/mol. The Kier molecular flexibility index (Phi) is 6.41. The fraction of sp³-hybridized carbons (Fsp3) is 0.435. The van der Waals surface area contributed by atoms with Crippen LogP contribution < -0.4 is 9.64 Å². The lowest BCUT2D eigenvalue weighted by atomic mass is 9.88. The first-order chi connectivity index (χ1) is 14.1. The van der Waals surface area contributed by atoms with E-state index in [1.165, 1.54) is 9.26 Å². The van der Waals surface area contributed by atoms with Gasteiger partial charge in [-0.15, -0.1) is 0 Å². The molecule has 0 aliphatic carbocycles. The van der Waals surface area contributed by atoms with Crippen molar-refractivity contribution in [1.29, 1.82) is 0 Å². The Morgan fingerprint density at radius 2 is 1.86 bits per heavy atom. The molecule has 29 heavy (non-hydrogen) atoms. The molecule has 154 valence electrons. The lowest BCUT2D eigenvalue weighted by Gasteiger charge is -2.32. The summed E-state index contributed by atoms with van der Waals surface area (Å²) < 4.78 is 11.9. The normalized spacial score (nSPS) is 21.8. The Labute approximate surface area is 186 Å². The maximum absolute atomic E-state index is 13.5. The van der Waals surface area contributed by atoms with Crippen molar-refractivity contribution >= 4 is 34.1 Å². The third-order valence-electron chi connectivity index (χ3n) is 6.03. The predicted molar refractivity (Wildman–Crippen MR) is 123 cm³/mol. The molecular weight excluding hydrogens is 479 g/mol. The number of hydrogen-bond acceptors (Lipinski definition) is 5. The molecular formula is C23H27IN2O3. The number of halogens is 1. The number of ether oxygens (including phenoxy) is 2. The van der Waals surface area contributed by atoms with Crippen LogP contribution in [0.5, 0.6) is 5.75 Å². The van der Waals surface area contributed by atoms with E-state index >= 15 is 0 Å². The van der Waals surface area contributed by atoms with Crippen LogP contribution in [0, 0.1) is 3.57 Å². The zero-order valence-corrected chi connectivity index (χ0v) is 19.1. The molecule has 2 atom stereocenters. The number of hydrogen-bond donors (Lipinski definition) is 0. The molecule has 0 bridgehead atoms. The van der Waals surface area contributed by atoms with Crippen LogP contribution in [0.2, 0.25) is 0 Å². The molecule has 0 aromatic heterocycles. The van der Waals surface area contributed by atoms with E-state index in [0.717, 1.165) is 56.3 Å². The Balaban J connectivity index is 1.58. The number of rotatable bonds is 6. The molecule has 0 amide bonds. The van der Waals surface area contributed by atoms with E-state index in [4.69, 9.17) is 9.47 Å². The third kappa shape index (κ3) is 4.29. The van der Waals surface area contributed by atoms with Crippen molar-refractivity contribution < 1.29 is 14.3 Å². The van der Waals surface area contributed by atoms with E-state index in [1.54, 1.807) is 7.11 Å². The largest absolute Gasteiger partial charge is 0.497 e. The topological polar surface area (TPSA) is 42.0 Å². The highest BCUT2D eigenvalue weighted by atomic mass is 127. The molecule has 2 unspecified atom stereocenters. The van der Waals surface area contributed by atoms with Crippen LogP contribution in [0.1, 0.15) is 28.8 Å². The van der Waals surface area contributed by atoms with Crippen molar-refractivity contribution in [2.75, 3.05) is 51.4 Å². The second kappa shape index (κ2) is 9.02. The molecule has 2 aromatic carbocycles. The number of carbonyl (C=O) groups is 1. The first-order valence-electron chi connectivity index (χ1n) is 10.1. The van der Waals surface area contributed by atoms with Crippen molar-refractivity contribution in [3.63, 3.8) is 0 Å². The molecule has 5 nitrogen and oxygen atoms in total. The van der Waals surface area contributed by atoms with Crippen molar-refractivity contribution in [3.8, 4) is 5.75 Å². The summed E-state index contributed by atoms with van der Waals surface area (Å²) in [5.74, 6) is 0.791. The molecule has 2 heterocycles. The van der Waals surface area contributed by atoms with Gasteiger partial charge in [0.15, 0.2) is 5.78 Å². The molecule has 0 N–H and O–H groups in total. The Hall–Kier alpha value is -1.64. The summed E-state index contributed by atoms with van der Waals surface area (Å²) in [4.78, 5) is 18.3. The number of ketones is 1. The first kappa shape index (κ1) is 20.6. The summed E-state index contributed by atoms with van der Waals surface area (Å²) in [7, 11) is 1.64. The van der Waals surface area contributed by atoms with Gasteiger partial charge in [-0.05, 0) is 71.5 Å². The maximum Gasteiger partial charge on any atom is 0.172 e. The van der Waals surface area contributed by atoms with E-state index in [0.29, 0.717) is 0 Å². The fourth-order valence-electron chi connectivity index (χ4n) is 4.38. The van der Waals surface area contributed by atoms with Crippen LogP contribution in [-0.2, 0) is 4.74 Å². The number of Topliss-reactive ketones (excluding diaryl/α,β-unsaturated/α-hetero) is 1. The lowest BCUT2D eigenvalue weighted by molar-refractivity contribution is 0.0390. The van der Waals surface area contributed by atoms with Gasteiger partial charge in [0.2, 0.25) is 0 Å². The highest BCUT2D eigenvalue weighted by molar-refractivity contribution is 14.1. The molecule has 2 aliphatic rings. The van der Waals surface area contributed by atoms with Gasteiger partial charge in [0, 0.05) is 47.0 Å². The molecule has 6 heteroatoms. The fourth-order valence-corrected chi connectivity index (χ4v) is 4.86. The van der Waals surface area contributed by atoms with Crippen molar-refractivity contribution in [3.05, 3.63) is 57.2 Å². The zero-order valence-electron chi connectivity index (χ0n) is 16.9. The number of methoxy groups -OCH3 is 1. The van der Waals surface area contributed by atoms with Crippen LogP contribution >= 0.6 is 22.6 Å². The van der Waals surface area contributed by atoms with Gasteiger partial charge in [0.25, 0.3) is 0 Å². The summed E-state index contributed by atoms with van der Waals surface area (Å²) in [5.41, 5.74) is 3.08. The standard InChI is InChI=1S/C23H27IN2O3/c1-16-22(23(27)17-3-6-19(28-2)7-4-17)20-8-5-18(24)15-21(20)26(16)10-9-25-11-13-29-14-12-25/h3-8,15-16,22H,9-14H2,1-2H3. The minimum atomic E-state index is -0.153. The van der Waals surface area contributed by atoms with Crippen LogP contribution in [-0.4, -0.2) is 63.2 Å². The summed E-state index contributed by atoms with van der Waals surface area (Å²) in [6.07, 6.45) is 0. The SMILES string of the molecule is COc1ccc(C(=O)C2c3ccc(I)cc3N(CCN3CCOCC3)C2C)cc1. The summed E-state index contributed by atoms with van der Waals surface area (Å²) in [5, 5.41) is 0. The predicted octanol–water partition coefficient (Wildman–Crippen LogP) is 3.81. The van der Waals surface area contributed by atoms with E-state index in [2.05, 4.69) is 57.5 Å². The second-order valence-corrected chi connectivity index (χ2v) is 8.91. The van der Waals surface area contributed by atoms with Gasteiger partial charge in [-0.3, -0.25) is 9.69 Å². The van der Waals surface area contributed by atoms with Gasteiger partial charge in [-0.1, -0.05) is 6.07 Å². The quantitative estimate of drug-likeness (QED) is 0.441. The number of carbonyl (C=O) groups excluding carboxylic acids is 1. The van der Waals surface area contributed by atoms with Gasteiger partial charge in [-0.2, -0.15) is 0 Å². The molecule has 0 spiro atoms. The summed E-state index contributed by atoms with van der Waals surface area (Å²) in [6, 6.07) is 14.0. The van der Waals surface area contributed by atoms with E-state index < -0.39 is 0 Å². The van der Waals surface area contributed by atoms with Crippen molar-refractivity contribution in [1.82, 2.24) is 4.90 Å². The number of fused-ring (bicyclic) bond motifs is 1. The smallest absolute Gasteiger partial charge is 0.172 e. The number of benzene rings is 2. The van der Waals surface area contributed by atoms with Crippen molar-refractivity contribution in [2.24, 2.45) is 0 Å². The Morgan fingerprint density at radius 3 is 2.55 bits per heavy atom. The number of morpholine rings is 1. The van der Waals surface area contributed by atoms with E-state index in [-0.39, 0.29) is 17.7 Å². The molecule has 2 aromatic rings. The number of anilines is 1. The second-order valence-electron chi connectivity index (χ2n) is 7.66. The highest BCUT2D eigenvalue weighted by Gasteiger charge is 2.40. The molecule has 4 rings (SSSR count). The van der Waals surface area contributed by atoms with Crippen LogP contribution in [0.3, 0.4) is 0 Å². The van der Waals surface area contributed by atoms with Crippen LogP contribution in [0.4, 0.5) is 5.69 Å². The van der Waals surface area contributed by atoms with Gasteiger partial charge in [0.1, 0.15) is 5.75 Å². The minimum Gasteiger partial charge on any atom is -0.497 e. The number of nitrogens with zero attached hydrogens (tertiary/aromatic N) is 2. The van der Waals surface area contributed by atoms with Crippen LogP contribution in [0.25, 0.3) is 0 Å².